The first kappa shape index (κ1) is 19.6. The minimum atomic E-state index is -0.283. The molecule has 4 rings (SSSR count). The molecule has 2 aromatic heterocycles. The molecule has 4 aromatic rings. The summed E-state index contributed by atoms with van der Waals surface area (Å²) in [6, 6.07) is 17.2. The average Bonchev–Trinajstić information content (AvgIpc) is 3.21. The number of nitrogens with one attached hydrogen (secondary N) is 2. The predicted octanol–water partition coefficient (Wildman–Crippen LogP) is 3.70. The number of hydrogen-bond donors (Lipinski definition) is 2. The summed E-state index contributed by atoms with van der Waals surface area (Å²) in [6.07, 6.45) is 0.511. The Labute approximate surface area is 173 Å². The van der Waals surface area contributed by atoms with Gasteiger partial charge in [0.25, 0.3) is 5.56 Å². The SMILES string of the molecule is Cc1ccc2cc(-c3noc(CCC(=O)NC(C)c4ccccc4)n3)c(=O)[nH]c2c1. The monoisotopic (exact) mass is 402 g/mol. The molecule has 7 nitrogen and oxygen atoms in total. The molecular weight excluding hydrogens is 380 g/mol. The van der Waals surface area contributed by atoms with Gasteiger partial charge in [-0.2, -0.15) is 4.98 Å². The van der Waals surface area contributed by atoms with E-state index < -0.39 is 0 Å². The second kappa shape index (κ2) is 8.32. The molecule has 0 bridgehead atoms. The standard InChI is InChI=1S/C23H22N4O3/c1-14-8-9-17-13-18(23(29)25-19(17)12-14)22-26-21(30-27-22)11-10-20(28)24-15(2)16-6-4-3-5-7-16/h3-9,12-13,15H,10-11H2,1-2H3,(H,24,28)(H,25,29). The summed E-state index contributed by atoms with van der Waals surface area (Å²) in [4.78, 5) is 31.8. The second-order valence-corrected chi connectivity index (χ2v) is 7.31. The Morgan fingerprint density at radius 2 is 1.97 bits per heavy atom. The van der Waals surface area contributed by atoms with Crippen LogP contribution >= 0.6 is 0 Å². The van der Waals surface area contributed by atoms with E-state index in [0.29, 0.717) is 17.9 Å². The van der Waals surface area contributed by atoms with Crippen molar-refractivity contribution in [2.24, 2.45) is 0 Å². The number of aryl methyl sites for hydroxylation is 2. The van der Waals surface area contributed by atoms with Gasteiger partial charge >= 0.3 is 0 Å². The van der Waals surface area contributed by atoms with Crippen LogP contribution in [0.25, 0.3) is 22.3 Å². The van der Waals surface area contributed by atoms with E-state index in [1.54, 1.807) is 6.07 Å². The van der Waals surface area contributed by atoms with Crippen LogP contribution < -0.4 is 10.9 Å². The number of aromatic nitrogens is 3. The van der Waals surface area contributed by atoms with Crippen molar-refractivity contribution in [1.82, 2.24) is 20.4 Å². The molecule has 2 aromatic carbocycles. The first-order valence-corrected chi connectivity index (χ1v) is 9.80. The van der Waals surface area contributed by atoms with Crippen molar-refractivity contribution >= 4 is 16.8 Å². The molecule has 0 aliphatic heterocycles. The lowest BCUT2D eigenvalue weighted by molar-refractivity contribution is -0.121. The molecule has 0 aliphatic carbocycles. The fourth-order valence-electron chi connectivity index (χ4n) is 3.31. The lowest BCUT2D eigenvalue weighted by Gasteiger charge is -2.13. The van der Waals surface area contributed by atoms with Crippen LogP contribution in [0.1, 0.15) is 36.4 Å². The molecule has 0 saturated heterocycles. The van der Waals surface area contributed by atoms with E-state index in [9.17, 15) is 9.59 Å². The summed E-state index contributed by atoms with van der Waals surface area (Å²) in [5.41, 5.74) is 2.92. The first-order valence-electron chi connectivity index (χ1n) is 9.80. The summed E-state index contributed by atoms with van der Waals surface area (Å²) >= 11 is 0. The van der Waals surface area contributed by atoms with Gasteiger partial charge in [0, 0.05) is 18.4 Å². The highest BCUT2D eigenvalue weighted by molar-refractivity contribution is 5.82. The van der Waals surface area contributed by atoms with E-state index in [0.717, 1.165) is 22.0 Å². The van der Waals surface area contributed by atoms with Crippen molar-refractivity contribution in [3.8, 4) is 11.4 Å². The van der Waals surface area contributed by atoms with Crippen LogP contribution in [-0.2, 0) is 11.2 Å². The van der Waals surface area contributed by atoms with Crippen LogP contribution in [0.4, 0.5) is 0 Å². The first-order chi connectivity index (χ1) is 14.5. The van der Waals surface area contributed by atoms with Crippen molar-refractivity contribution in [3.05, 3.63) is 82.0 Å². The number of pyridine rings is 1. The third-order valence-corrected chi connectivity index (χ3v) is 4.95. The highest BCUT2D eigenvalue weighted by Gasteiger charge is 2.15. The summed E-state index contributed by atoms with van der Waals surface area (Å²) in [5, 5.41) is 7.76. The molecule has 1 unspecified atom stereocenters. The predicted molar refractivity (Wildman–Crippen MR) is 114 cm³/mol. The van der Waals surface area contributed by atoms with E-state index in [4.69, 9.17) is 4.52 Å². The maximum atomic E-state index is 12.4. The maximum absolute atomic E-state index is 12.4. The number of H-pyrrole nitrogens is 1. The molecule has 0 radical (unpaired) electrons. The average molecular weight is 402 g/mol. The van der Waals surface area contributed by atoms with Gasteiger partial charge in [0.15, 0.2) is 0 Å². The van der Waals surface area contributed by atoms with Crippen molar-refractivity contribution in [2.75, 3.05) is 0 Å². The smallest absolute Gasteiger partial charge is 0.259 e. The Kier molecular flexibility index (Phi) is 5.43. The molecule has 0 spiro atoms. The van der Waals surface area contributed by atoms with Gasteiger partial charge in [-0.3, -0.25) is 9.59 Å². The van der Waals surface area contributed by atoms with Gasteiger partial charge in [-0.15, -0.1) is 0 Å². The van der Waals surface area contributed by atoms with E-state index in [-0.39, 0.29) is 29.8 Å². The summed E-state index contributed by atoms with van der Waals surface area (Å²) < 4.78 is 5.25. The molecule has 0 aliphatic rings. The number of carbonyl (C=O) groups excluding carboxylic acids is 1. The van der Waals surface area contributed by atoms with Gasteiger partial charge in [0.2, 0.25) is 17.6 Å². The fourth-order valence-corrected chi connectivity index (χ4v) is 3.31. The fraction of sp³-hybridized carbons (Fsp3) is 0.217. The number of benzene rings is 2. The quantitative estimate of drug-likeness (QED) is 0.512. The van der Waals surface area contributed by atoms with E-state index >= 15 is 0 Å². The number of rotatable bonds is 6. The van der Waals surface area contributed by atoms with Gasteiger partial charge in [-0.25, -0.2) is 0 Å². The Hall–Kier alpha value is -3.74. The van der Waals surface area contributed by atoms with E-state index in [2.05, 4.69) is 20.4 Å². The zero-order valence-electron chi connectivity index (χ0n) is 16.8. The topological polar surface area (TPSA) is 101 Å². The Bertz CT molecular complexity index is 1240. The van der Waals surface area contributed by atoms with Gasteiger partial charge in [-0.05, 0) is 42.5 Å². The summed E-state index contributed by atoms with van der Waals surface area (Å²) in [7, 11) is 0. The Balaban J connectivity index is 1.43. The molecule has 0 saturated carbocycles. The normalized spacial score (nSPS) is 12.1. The molecule has 152 valence electrons. The minimum absolute atomic E-state index is 0.0864. The third-order valence-electron chi connectivity index (χ3n) is 4.95. The van der Waals surface area contributed by atoms with Crippen LogP contribution in [0.3, 0.4) is 0 Å². The van der Waals surface area contributed by atoms with Gasteiger partial charge in [-0.1, -0.05) is 47.6 Å². The zero-order valence-corrected chi connectivity index (χ0v) is 16.8. The summed E-state index contributed by atoms with van der Waals surface area (Å²) in [5.74, 6) is 0.424. The lowest BCUT2D eigenvalue weighted by Crippen LogP contribution is -2.26. The van der Waals surface area contributed by atoms with Crippen LogP contribution in [0.5, 0.6) is 0 Å². The molecule has 30 heavy (non-hydrogen) atoms. The maximum Gasteiger partial charge on any atom is 0.259 e. The van der Waals surface area contributed by atoms with Gasteiger partial charge in [0.05, 0.1) is 11.6 Å². The second-order valence-electron chi connectivity index (χ2n) is 7.31. The van der Waals surface area contributed by atoms with Crippen molar-refractivity contribution < 1.29 is 9.32 Å². The van der Waals surface area contributed by atoms with Crippen LogP contribution in [-0.4, -0.2) is 21.0 Å². The molecule has 7 heteroatoms. The molecular formula is C23H22N4O3. The van der Waals surface area contributed by atoms with Crippen molar-refractivity contribution in [1.29, 1.82) is 0 Å². The summed E-state index contributed by atoms with van der Waals surface area (Å²) in [6.45, 7) is 3.90. The van der Waals surface area contributed by atoms with Gasteiger partial charge in [0.1, 0.15) is 0 Å². The number of nitrogens with zero attached hydrogens (tertiary/aromatic N) is 2. The largest absolute Gasteiger partial charge is 0.350 e. The minimum Gasteiger partial charge on any atom is -0.350 e. The molecule has 1 atom stereocenters. The number of aromatic amines is 1. The van der Waals surface area contributed by atoms with E-state index in [1.165, 1.54) is 0 Å². The van der Waals surface area contributed by atoms with Crippen molar-refractivity contribution in [2.45, 2.75) is 32.7 Å². The van der Waals surface area contributed by atoms with Crippen LogP contribution in [0, 0.1) is 6.92 Å². The lowest BCUT2D eigenvalue weighted by atomic mass is 10.1. The molecule has 0 fully saturated rings. The molecule has 2 heterocycles. The van der Waals surface area contributed by atoms with Crippen molar-refractivity contribution in [3.63, 3.8) is 0 Å². The zero-order chi connectivity index (χ0) is 21.1. The number of hydrogen-bond acceptors (Lipinski definition) is 5. The van der Waals surface area contributed by atoms with E-state index in [1.807, 2.05) is 62.4 Å². The Morgan fingerprint density at radius 3 is 2.77 bits per heavy atom. The highest BCUT2D eigenvalue weighted by Crippen LogP contribution is 2.19. The number of amides is 1. The third kappa shape index (κ3) is 4.30. The van der Waals surface area contributed by atoms with Crippen LogP contribution in [0.15, 0.2) is 63.9 Å². The Morgan fingerprint density at radius 1 is 1.17 bits per heavy atom. The van der Waals surface area contributed by atoms with Gasteiger partial charge < -0.3 is 14.8 Å². The number of fused-ring (bicyclic) bond motifs is 1. The molecule has 1 amide bonds. The number of carbonyl (C=O) groups is 1. The molecule has 2 N–H and O–H groups in total. The van der Waals surface area contributed by atoms with Crippen LogP contribution in [0.2, 0.25) is 0 Å². The highest BCUT2D eigenvalue weighted by atomic mass is 16.5.